The summed E-state index contributed by atoms with van der Waals surface area (Å²) in [6.45, 7) is 0. The predicted molar refractivity (Wildman–Crippen MR) is 48.3 cm³/mol. The molecule has 0 aliphatic rings. The molecule has 3 nitrogen and oxygen atoms in total. The molecule has 1 aromatic heterocycles. The van der Waals surface area contributed by atoms with Crippen LogP contribution in [0.4, 0.5) is 0 Å². The molecule has 1 aromatic rings. The smallest absolute Gasteiger partial charge is 0.200 e. The van der Waals surface area contributed by atoms with E-state index in [9.17, 15) is 8.42 Å². The van der Waals surface area contributed by atoms with Crippen LogP contribution in [0.25, 0.3) is 0 Å². The van der Waals surface area contributed by atoms with Gasteiger partial charge in [0.05, 0.1) is 3.79 Å². The SMILES string of the molecule is NCS(=O)(=O)c1ccc(Br)s1. The predicted octanol–water partition coefficient (Wildman–Crippen LogP) is 1.20. The van der Waals surface area contributed by atoms with Crippen LogP contribution in [0.2, 0.25) is 0 Å². The Morgan fingerprint density at radius 2 is 2.18 bits per heavy atom. The maximum absolute atomic E-state index is 11.1. The fraction of sp³-hybridized carbons (Fsp3) is 0.200. The lowest BCUT2D eigenvalue weighted by molar-refractivity contribution is 0.598. The second-order valence-corrected chi connectivity index (χ2v) is 6.56. The van der Waals surface area contributed by atoms with Crippen molar-refractivity contribution in [1.29, 1.82) is 0 Å². The summed E-state index contributed by atoms with van der Waals surface area (Å²) in [5, 5.41) is 0. The quantitative estimate of drug-likeness (QED) is 0.864. The summed E-state index contributed by atoms with van der Waals surface area (Å²) in [5.41, 5.74) is 5.05. The molecule has 0 saturated carbocycles. The van der Waals surface area contributed by atoms with Gasteiger partial charge in [-0.05, 0) is 28.1 Å². The third-order valence-electron chi connectivity index (χ3n) is 1.07. The van der Waals surface area contributed by atoms with Crippen molar-refractivity contribution in [3.63, 3.8) is 0 Å². The molecule has 0 spiro atoms. The van der Waals surface area contributed by atoms with Crippen LogP contribution in [0.1, 0.15) is 0 Å². The lowest BCUT2D eigenvalue weighted by Gasteiger charge is -1.93. The fourth-order valence-electron chi connectivity index (χ4n) is 0.547. The van der Waals surface area contributed by atoms with Crippen molar-refractivity contribution >= 4 is 37.1 Å². The van der Waals surface area contributed by atoms with Crippen LogP contribution in [0.5, 0.6) is 0 Å². The lowest BCUT2D eigenvalue weighted by atomic mass is 10.7. The van der Waals surface area contributed by atoms with Gasteiger partial charge in [-0.25, -0.2) is 8.42 Å². The van der Waals surface area contributed by atoms with E-state index in [0.717, 1.165) is 3.79 Å². The molecular formula is C5H6BrNO2S2. The van der Waals surface area contributed by atoms with Crippen molar-refractivity contribution in [3.8, 4) is 0 Å². The Labute approximate surface area is 77.3 Å². The van der Waals surface area contributed by atoms with Crippen molar-refractivity contribution in [3.05, 3.63) is 15.9 Å². The Bertz CT molecular complexity index is 343. The molecule has 0 fully saturated rings. The molecule has 0 radical (unpaired) electrons. The zero-order valence-corrected chi connectivity index (χ0v) is 8.67. The van der Waals surface area contributed by atoms with Crippen molar-refractivity contribution in [2.75, 3.05) is 5.88 Å². The van der Waals surface area contributed by atoms with E-state index in [1.165, 1.54) is 17.4 Å². The Kier molecular flexibility index (Phi) is 2.69. The van der Waals surface area contributed by atoms with Crippen LogP contribution in [-0.4, -0.2) is 14.3 Å². The van der Waals surface area contributed by atoms with Gasteiger partial charge in [0.2, 0.25) is 0 Å². The normalized spacial score (nSPS) is 11.8. The number of thiophene rings is 1. The van der Waals surface area contributed by atoms with Gasteiger partial charge >= 0.3 is 0 Å². The second kappa shape index (κ2) is 3.22. The Hall–Kier alpha value is 0.0900. The van der Waals surface area contributed by atoms with Gasteiger partial charge in [0, 0.05) is 0 Å². The van der Waals surface area contributed by atoms with E-state index in [1.807, 2.05) is 0 Å². The van der Waals surface area contributed by atoms with Gasteiger partial charge in [0.15, 0.2) is 9.84 Å². The number of hydrogen-bond acceptors (Lipinski definition) is 4. The average Bonchev–Trinajstić information content (AvgIpc) is 2.36. The monoisotopic (exact) mass is 255 g/mol. The summed E-state index contributed by atoms with van der Waals surface area (Å²) in [6, 6.07) is 3.23. The van der Waals surface area contributed by atoms with Crippen LogP contribution in [0.15, 0.2) is 20.1 Å². The van der Waals surface area contributed by atoms with Gasteiger partial charge in [-0.2, -0.15) is 0 Å². The molecule has 0 aliphatic carbocycles. The molecule has 62 valence electrons. The number of sulfone groups is 1. The molecule has 1 heterocycles. The number of hydrogen-bond donors (Lipinski definition) is 1. The van der Waals surface area contributed by atoms with Gasteiger partial charge < -0.3 is 5.73 Å². The Morgan fingerprint density at radius 1 is 1.55 bits per heavy atom. The van der Waals surface area contributed by atoms with Crippen molar-refractivity contribution in [2.45, 2.75) is 4.21 Å². The Morgan fingerprint density at radius 3 is 2.55 bits per heavy atom. The van der Waals surface area contributed by atoms with Crippen LogP contribution in [0, 0.1) is 0 Å². The van der Waals surface area contributed by atoms with Crippen LogP contribution >= 0.6 is 27.3 Å². The molecule has 0 aliphatic heterocycles. The number of nitrogens with two attached hydrogens (primary N) is 1. The molecular weight excluding hydrogens is 250 g/mol. The Balaban J connectivity index is 3.13. The first-order valence-corrected chi connectivity index (χ1v) is 6.00. The van der Waals surface area contributed by atoms with Gasteiger partial charge in [0.25, 0.3) is 0 Å². The summed E-state index contributed by atoms with van der Waals surface area (Å²) in [7, 11) is -3.21. The van der Waals surface area contributed by atoms with Crippen LogP contribution in [0.3, 0.4) is 0 Å². The summed E-state index contributed by atoms with van der Waals surface area (Å²) in [5.74, 6) is -0.333. The van der Waals surface area contributed by atoms with E-state index >= 15 is 0 Å². The van der Waals surface area contributed by atoms with Gasteiger partial charge in [0.1, 0.15) is 10.1 Å². The number of rotatable bonds is 2. The maximum Gasteiger partial charge on any atom is 0.200 e. The fourth-order valence-corrected chi connectivity index (χ4v) is 3.41. The molecule has 0 aromatic carbocycles. The molecule has 11 heavy (non-hydrogen) atoms. The van der Waals surface area contributed by atoms with Crippen LogP contribution in [-0.2, 0) is 9.84 Å². The zero-order valence-electron chi connectivity index (χ0n) is 5.45. The van der Waals surface area contributed by atoms with E-state index in [2.05, 4.69) is 15.9 Å². The highest BCUT2D eigenvalue weighted by Gasteiger charge is 2.13. The topological polar surface area (TPSA) is 60.2 Å². The highest BCUT2D eigenvalue weighted by Crippen LogP contribution is 2.26. The molecule has 0 unspecified atom stereocenters. The minimum absolute atomic E-state index is 0.312. The van der Waals surface area contributed by atoms with Crippen LogP contribution < -0.4 is 5.73 Å². The van der Waals surface area contributed by atoms with E-state index in [4.69, 9.17) is 5.73 Å². The number of halogens is 1. The third kappa shape index (κ3) is 2.02. The average molecular weight is 256 g/mol. The third-order valence-corrected chi connectivity index (χ3v) is 4.69. The van der Waals surface area contributed by atoms with Crippen molar-refractivity contribution in [1.82, 2.24) is 0 Å². The standard InChI is InChI=1S/C5H6BrNO2S2/c6-4-1-2-5(10-4)11(8,9)3-7/h1-2H,3,7H2. The minimum atomic E-state index is -3.21. The van der Waals surface area contributed by atoms with Crippen molar-refractivity contribution < 1.29 is 8.42 Å². The second-order valence-electron chi connectivity index (χ2n) is 1.84. The molecule has 0 bridgehead atoms. The first-order chi connectivity index (χ1) is 5.06. The van der Waals surface area contributed by atoms with Gasteiger partial charge in [-0.3, -0.25) is 0 Å². The van der Waals surface area contributed by atoms with E-state index in [-0.39, 0.29) is 5.88 Å². The maximum atomic E-state index is 11.1. The summed E-state index contributed by atoms with van der Waals surface area (Å²) < 4.78 is 23.3. The molecule has 0 saturated heterocycles. The highest BCUT2D eigenvalue weighted by atomic mass is 79.9. The van der Waals surface area contributed by atoms with E-state index in [0.29, 0.717) is 4.21 Å². The van der Waals surface area contributed by atoms with E-state index < -0.39 is 9.84 Å². The highest BCUT2D eigenvalue weighted by molar-refractivity contribution is 9.11. The van der Waals surface area contributed by atoms with Crippen molar-refractivity contribution in [2.24, 2.45) is 5.73 Å². The molecule has 0 amide bonds. The summed E-state index contributed by atoms with van der Waals surface area (Å²) in [6.07, 6.45) is 0. The lowest BCUT2D eigenvalue weighted by Crippen LogP contribution is -2.12. The molecule has 0 atom stereocenters. The van der Waals surface area contributed by atoms with Gasteiger partial charge in [-0.15, -0.1) is 11.3 Å². The first kappa shape index (κ1) is 9.18. The molecule has 6 heteroatoms. The minimum Gasteiger partial charge on any atom is -0.317 e. The molecule has 1 rings (SSSR count). The largest absolute Gasteiger partial charge is 0.317 e. The van der Waals surface area contributed by atoms with Gasteiger partial charge in [-0.1, -0.05) is 0 Å². The molecule has 2 N–H and O–H groups in total. The zero-order chi connectivity index (χ0) is 8.48. The summed E-state index contributed by atoms with van der Waals surface area (Å²) in [4.78, 5) is 0. The van der Waals surface area contributed by atoms with E-state index in [1.54, 1.807) is 6.07 Å². The first-order valence-electron chi connectivity index (χ1n) is 2.74. The summed E-state index contributed by atoms with van der Waals surface area (Å²) >= 11 is 4.33.